The van der Waals surface area contributed by atoms with E-state index in [2.05, 4.69) is 10.8 Å². The smallest absolute Gasteiger partial charge is 0.211 e. The first-order chi connectivity index (χ1) is 8.07. The summed E-state index contributed by atoms with van der Waals surface area (Å²) < 4.78 is 29.8. The Balaban J connectivity index is 2.36. The molecule has 0 fully saturated rings. The van der Waals surface area contributed by atoms with Crippen LogP contribution in [0.2, 0.25) is 0 Å². The van der Waals surface area contributed by atoms with Crippen LogP contribution in [-0.4, -0.2) is 32.9 Å². The third-order valence-corrected chi connectivity index (χ3v) is 3.59. The maximum absolute atomic E-state index is 11.1. The fraction of sp³-hybridized carbons (Fsp3) is 0.455. The Morgan fingerprint density at radius 2 is 2.29 bits per heavy atom. The number of hydrogen-bond acceptors (Lipinski definition) is 4. The summed E-state index contributed by atoms with van der Waals surface area (Å²) in [5, 5.41) is 8.90. The van der Waals surface area contributed by atoms with Crippen molar-refractivity contribution in [3.63, 3.8) is 0 Å². The van der Waals surface area contributed by atoms with Crippen LogP contribution >= 0.6 is 0 Å². The Hall–Kier alpha value is -1.11. The Kier molecular flexibility index (Phi) is 5.40. The number of ether oxygens (including phenoxy) is 1. The highest BCUT2D eigenvalue weighted by atomic mass is 32.2. The lowest BCUT2D eigenvalue weighted by molar-refractivity contribution is 0.279. The maximum Gasteiger partial charge on any atom is 0.211 e. The van der Waals surface area contributed by atoms with Gasteiger partial charge in [0.15, 0.2) is 0 Å². The summed E-state index contributed by atoms with van der Waals surface area (Å²) in [5.41, 5.74) is 0.644. The molecule has 0 amide bonds. The molecule has 1 aromatic rings. The zero-order valence-corrected chi connectivity index (χ0v) is 10.5. The van der Waals surface area contributed by atoms with Gasteiger partial charge in [0.2, 0.25) is 10.0 Å². The van der Waals surface area contributed by atoms with Crippen molar-refractivity contribution >= 4 is 10.0 Å². The van der Waals surface area contributed by atoms with Gasteiger partial charge in [0.05, 0.1) is 19.0 Å². The number of nitrogens with one attached hydrogen (secondary N) is 1. The van der Waals surface area contributed by atoms with Gasteiger partial charge in [-0.3, -0.25) is 0 Å². The van der Waals surface area contributed by atoms with Gasteiger partial charge in [-0.1, -0.05) is 6.07 Å². The third kappa shape index (κ3) is 5.16. The minimum Gasteiger partial charge on any atom is -0.494 e. The standard InChI is InChI=1S/C11H16NO4S/c1-12-17(14,15)7-3-6-16-11-5-2-4-10(8-11)9-13/h2,5,8,12-13H,3,6-7,9H2,1H3. The first kappa shape index (κ1) is 14.0. The summed E-state index contributed by atoms with van der Waals surface area (Å²) in [7, 11) is -1.78. The Morgan fingerprint density at radius 1 is 1.53 bits per heavy atom. The fourth-order valence-corrected chi connectivity index (χ4v) is 1.92. The summed E-state index contributed by atoms with van der Waals surface area (Å²) in [6.45, 7) is 0.223. The van der Waals surface area contributed by atoms with Gasteiger partial charge in [0, 0.05) is 0 Å². The van der Waals surface area contributed by atoms with Gasteiger partial charge in [0.1, 0.15) is 5.75 Å². The zero-order valence-electron chi connectivity index (χ0n) is 9.64. The van der Waals surface area contributed by atoms with E-state index in [1.807, 2.05) is 0 Å². The normalized spacial score (nSPS) is 11.4. The number of aliphatic hydroxyl groups excluding tert-OH is 1. The second kappa shape index (κ2) is 6.58. The van der Waals surface area contributed by atoms with E-state index in [0.717, 1.165) is 0 Å². The average molecular weight is 258 g/mol. The van der Waals surface area contributed by atoms with Crippen LogP contribution in [0.4, 0.5) is 0 Å². The predicted octanol–water partition coefficient (Wildman–Crippen LogP) is 0.297. The molecule has 0 aliphatic carbocycles. The third-order valence-electron chi connectivity index (χ3n) is 2.14. The first-order valence-electron chi connectivity index (χ1n) is 5.23. The van der Waals surface area contributed by atoms with Crippen molar-refractivity contribution in [3.05, 3.63) is 29.8 Å². The molecule has 17 heavy (non-hydrogen) atoms. The van der Waals surface area contributed by atoms with Crippen molar-refractivity contribution in [3.8, 4) is 5.75 Å². The molecule has 6 heteroatoms. The zero-order chi connectivity index (χ0) is 12.7. The second-order valence-corrected chi connectivity index (χ2v) is 5.48. The minimum absolute atomic E-state index is 0.0370. The molecule has 0 atom stereocenters. The molecule has 1 aromatic carbocycles. The van der Waals surface area contributed by atoms with Gasteiger partial charge in [-0.25, -0.2) is 13.1 Å². The summed E-state index contributed by atoms with van der Waals surface area (Å²) in [6, 6.07) is 7.89. The van der Waals surface area contributed by atoms with Crippen molar-refractivity contribution in [2.45, 2.75) is 13.0 Å². The van der Waals surface area contributed by atoms with Crippen LogP contribution in [0.1, 0.15) is 12.0 Å². The number of benzene rings is 1. The lowest BCUT2D eigenvalue weighted by atomic mass is 10.2. The highest BCUT2D eigenvalue weighted by molar-refractivity contribution is 7.89. The number of hydrogen-bond donors (Lipinski definition) is 2. The molecular weight excluding hydrogens is 242 g/mol. The van der Waals surface area contributed by atoms with E-state index in [9.17, 15) is 8.42 Å². The average Bonchev–Trinajstić information content (AvgIpc) is 2.35. The molecule has 2 N–H and O–H groups in total. The monoisotopic (exact) mass is 258 g/mol. The lowest BCUT2D eigenvalue weighted by Crippen LogP contribution is -2.23. The molecule has 1 rings (SSSR count). The quantitative estimate of drug-likeness (QED) is 0.690. The molecule has 5 nitrogen and oxygen atoms in total. The van der Waals surface area contributed by atoms with E-state index < -0.39 is 10.0 Å². The summed E-state index contributed by atoms with van der Waals surface area (Å²) in [5.74, 6) is 0.643. The van der Waals surface area contributed by atoms with Crippen LogP contribution in [0, 0.1) is 6.07 Å². The maximum atomic E-state index is 11.1. The van der Waals surface area contributed by atoms with E-state index in [1.165, 1.54) is 7.05 Å². The van der Waals surface area contributed by atoms with E-state index in [-0.39, 0.29) is 12.4 Å². The van der Waals surface area contributed by atoms with Crippen molar-refractivity contribution < 1.29 is 18.3 Å². The van der Waals surface area contributed by atoms with Crippen LogP contribution < -0.4 is 9.46 Å². The largest absolute Gasteiger partial charge is 0.494 e. The fourth-order valence-electron chi connectivity index (χ4n) is 1.21. The van der Waals surface area contributed by atoms with Crippen molar-refractivity contribution in [1.82, 2.24) is 4.72 Å². The molecule has 0 aliphatic rings. The molecule has 0 bridgehead atoms. The number of aliphatic hydroxyl groups is 1. The first-order valence-corrected chi connectivity index (χ1v) is 6.88. The van der Waals surface area contributed by atoms with Crippen LogP contribution in [0.15, 0.2) is 18.2 Å². The minimum atomic E-state index is -3.16. The predicted molar refractivity (Wildman–Crippen MR) is 64.2 cm³/mol. The van der Waals surface area contributed by atoms with Gasteiger partial charge in [-0.15, -0.1) is 0 Å². The van der Waals surface area contributed by atoms with Crippen molar-refractivity contribution in [1.29, 1.82) is 0 Å². The topological polar surface area (TPSA) is 75.6 Å². The molecule has 0 aliphatic heterocycles. The highest BCUT2D eigenvalue weighted by Crippen LogP contribution is 2.12. The molecule has 1 radical (unpaired) electrons. The Morgan fingerprint density at radius 3 is 2.94 bits per heavy atom. The lowest BCUT2D eigenvalue weighted by Gasteiger charge is -2.07. The number of sulfonamides is 1. The van der Waals surface area contributed by atoms with Crippen molar-refractivity contribution in [2.75, 3.05) is 19.4 Å². The van der Waals surface area contributed by atoms with Gasteiger partial charge in [-0.05, 0) is 37.2 Å². The van der Waals surface area contributed by atoms with Gasteiger partial charge in [-0.2, -0.15) is 0 Å². The molecule has 0 unspecified atom stereocenters. The van der Waals surface area contributed by atoms with E-state index in [1.54, 1.807) is 18.2 Å². The van der Waals surface area contributed by atoms with E-state index in [0.29, 0.717) is 24.3 Å². The SMILES string of the molecule is CNS(=O)(=O)CCCOc1cc[c]c(CO)c1. The molecule has 95 valence electrons. The van der Waals surface area contributed by atoms with E-state index >= 15 is 0 Å². The van der Waals surface area contributed by atoms with Gasteiger partial charge >= 0.3 is 0 Å². The molecule has 0 saturated heterocycles. The van der Waals surface area contributed by atoms with Crippen LogP contribution in [-0.2, 0) is 16.6 Å². The summed E-state index contributed by atoms with van der Waals surface area (Å²) in [4.78, 5) is 0. The van der Waals surface area contributed by atoms with Crippen molar-refractivity contribution in [2.24, 2.45) is 0 Å². The van der Waals surface area contributed by atoms with Crippen LogP contribution in [0.3, 0.4) is 0 Å². The Bertz CT molecular complexity index is 445. The molecule has 0 saturated carbocycles. The second-order valence-electron chi connectivity index (χ2n) is 3.43. The summed E-state index contributed by atoms with van der Waals surface area (Å²) >= 11 is 0. The van der Waals surface area contributed by atoms with Gasteiger partial charge < -0.3 is 9.84 Å². The van der Waals surface area contributed by atoms with Gasteiger partial charge in [0.25, 0.3) is 0 Å². The Labute approximate surface area is 101 Å². The summed E-state index contributed by atoms with van der Waals surface area (Å²) in [6.07, 6.45) is 0.413. The molecular formula is C11H16NO4S. The van der Waals surface area contributed by atoms with E-state index in [4.69, 9.17) is 9.84 Å². The van der Waals surface area contributed by atoms with Crippen LogP contribution in [0.5, 0.6) is 5.75 Å². The molecule has 0 heterocycles. The number of rotatable bonds is 7. The van der Waals surface area contributed by atoms with Crippen LogP contribution in [0.25, 0.3) is 0 Å². The highest BCUT2D eigenvalue weighted by Gasteiger charge is 2.06. The molecule has 0 aromatic heterocycles. The molecule has 0 spiro atoms.